The Balaban J connectivity index is 1.57. The Hall–Kier alpha value is -3.63. The Morgan fingerprint density at radius 2 is 1.79 bits per heavy atom. The van der Waals surface area contributed by atoms with Gasteiger partial charge in [0.1, 0.15) is 11.6 Å². The van der Waals surface area contributed by atoms with E-state index in [9.17, 15) is 14.9 Å². The summed E-state index contributed by atoms with van der Waals surface area (Å²) in [5.74, 6) is -1.63. The van der Waals surface area contributed by atoms with Gasteiger partial charge in [0.05, 0.1) is 5.56 Å². The van der Waals surface area contributed by atoms with Crippen molar-refractivity contribution in [2.24, 2.45) is 0 Å². The van der Waals surface area contributed by atoms with Gasteiger partial charge in [0.25, 0.3) is 5.91 Å². The molecule has 2 aromatic carbocycles. The van der Waals surface area contributed by atoms with Gasteiger partial charge in [-0.3, -0.25) is 9.69 Å². The zero-order valence-corrected chi connectivity index (χ0v) is 15.9. The number of aromatic carboxylic acids is 1. The van der Waals surface area contributed by atoms with Crippen molar-refractivity contribution in [2.75, 3.05) is 31.5 Å². The predicted octanol–water partition coefficient (Wildman–Crippen LogP) is 2.55. The molecular formula is C22H22N4O3. The second-order valence-corrected chi connectivity index (χ2v) is 6.79. The minimum atomic E-state index is -1.08. The van der Waals surface area contributed by atoms with E-state index in [0.29, 0.717) is 5.69 Å². The lowest BCUT2D eigenvalue weighted by atomic mass is 10.2. The molecule has 0 spiro atoms. The van der Waals surface area contributed by atoms with E-state index in [1.807, 2.05) is 29.2 Å². The Morgan fingerprint density at radius 3 is 2.45 bits per heavy atom. The third-order valence-electron chi connectivity index (χ3n) is 4.70. The van der Waals surface area contributed by atoms with Crippen LogP contribution in [-0.4, -0.2) is 53.0 Å². The van der Waals surface area contributed by atoms with E-state index in [1.165, 1.54) is 17.7 Å². The molecule has 1 aliphatic rings. The highest BCUT2D eigenvalue weighted by molar-refractivity contribution is 6.06. The number of rotatable bonds is 6. The maximum atomic E-state index is 12.4. The number of benzene rings is 2. The van der Waals surface area contributed by atoms with Gasteiger partial charge in [0.2, 0.25) is 0 Å². The summed E-state index contributed by atoms with van der Waals surface area (Å²) >= 11 is 0. The number of nitrogens with zero attached hydrogens (tertiary/aromatic N) is 3. The first kappa shape index (κ1) is 20.1. The van der Waals surface area contributed by atoms with Crippen molar-refractivity contribution in [3.05, 3.63) is 77.5 Å². The predicted molar refractivity (Wildman–Crippen MR) is 109 cm³/mol. The monoisotopic (exact) mass is 390 g/mol. The number of nitrogens with one attached hydrogen (secondary N) is 1. The molecule has 0 aliphatic carbocycles. The van der Waals surface area contributed by atoms with Crippen molar-refractivity contribution in [3.63, 3.8) is 0 Å². The first-order valence-electron chi connectivity index (χ1n) is 9.32. The lowest BCUT2D eigenvalue weighted by Crippen LogP contribution is -2.43. The lowest BCUT2D eigenvalue weighted by molar-refractivity contribution is -0.112. The number of amides is 1. The first-order chi connectivity index (χ1) is 14.0. The smallest absolute Gasteiger partial charge is 0.335 e. The molecular weight excluding hydrogens is 368 g/mol. The quantitative estimate of drug-likeness (QED) is 0.581. The van der Waals surface area contributed by atoms with E-state index in [-0.39, 0.29) is 11.1 Å². The fourth-order valence-electron chi connectivity index (χ4n) is 3.14. The number of hydrogen-bond donors (Lipinski definition) is 2. The fraction of sp³-hybridized carbons (Fsp3) is 0.227. The molecule has 1 aliphatic heterocycles. The van der Waals surface area contributed by atoms with Gasteiger partial charge in [0.15, 0.2) is 0 Å². The van der Waals surface area contributed by atoms with E-state index in [1.54, 1.807) is 18.3 Å². The number of nitriles is 1. The van der Waals surface area contributed by atoms with E-state index in [4.69, 9.17) is 5.11 Å². The summed E-state index contributed by atoms with van der Waals surface area (Å²) in [5.41, 5.74) is 1.66. The van der Waals surface area contributed by atoms with Gasteiger partial charge >= 0.3 is 5.97 Å². The van der Waals surface area contributed by atoms with Gasteiger partial charge in [-0.05, 0) is 23.8 Å². The lowest BCUT2D eigenvalue weighted by Gasteiger charge is -2.34. The Kier molecular flexibility index (Phi) is 6.61. The highest BCUT2D eigenvalue weighted by atomic mass is 16.4. The van der Waals surface area contributed by atoms with E-state index in [0.717, 1.165) is 32.7 Å². The average Bonchev–Trinajstić information content (AvgIpc) is 2.74. The van der Waals surface area contributed by atoms with Crippen LogP contribution in [0.3, 0.4) is 0 Å². The fourth-order valence-corrected chi connectivity index (χ4v) is 3.14. The van der Waals surface area contributed by atoms with Crippen LogP contribution in [0.5, 0.6) is 0 Å². The first-order valence-corrected chi connectivity index (χ1v) is 9.32. The molecule has 0 radical (unpaired) electrons. The van der Waals surface area contributed by atoms with Crippen LogP contribution in [0.4, 0.5) is 5.69 Å². The van der Waals surface area contributed by atoms with Crippen LogP contribution in [-0.2, 0) is 11.3 Å². The zero-order chi connectivity index (χ0) is 20.6. The van der Waals surface area contributed by atoms with Crippen LogP contribution in [0.2, 0.25) is 0 Å². The van der Waals surface area contributed by atoms with Gasteiger partial charge in [-0.2, -0.15) is 5.26 Å². The molecule has 3 rings (SSSR count). The van der Waals surface area contributed by atoms with Crippen LogP contribution in [0, 0.1) is 11.3 Å². The summed E-state index contributed by atoms with van der Waals surface area (Å²) in [4.78, 5) is 27.8. The second kappa shape index (κ2) is 9.53. The van der Waals surface area contributed by atoms with Crippen LogP contribution in [0.25, 0.3) is 0 Å². The van der Waals surface area contributed by atoms with Crippen LogP contribution >= 0.6 is 0 Å². The number of anilines is 1. The Morgan fingerprint density at radius 1 is 1.07 bits per heavy atom. The maximum Gasteiger partial charge on any atom is 0.335 e. The largest absolute Gasteiger partial charge is 0.478 e. The topological polar surface area (TPSA) is 96.7 Å². The average molecular weight is 390 g/mol. The highest BCUT2D eigenvalue weighted by Gasteiger charge is 2.18. The van der Waals surface area contributed by atoms with Crippen molar-refractivity contribution >= 4 is 17.6 Å². The van der Waals surface area contributed by atoms with Crippen molar-refractivity contribution in [3.8, 4) is 6.07 Å². The summed E-state index contributed by atoms with van der Waals surface area (Å²) in [6, 6.07) is 18.1. The van der Waals surface area contributed by atoms with Crippen LogP contribution in [0.1, 0.15) is 15.9 Å². The molecule has 7 heteroatoms. The molecule has 0 bridgehead atoms. The molecule has 0 unspecified atom stereocenters. The molecule has 1 heterocycles. The van der Waals surface area contributed by atoms with Gasteiger partial charge in [-0.15, -0.1) is 0 Å². The molecule has 29 heavy (non-hydrogen) atoms. The Bertz CT molecular complexity index is 942. The van der Waals surface area contributed by atoms with E-state index < -0.39 is 11.9 Å². The van der Waals surface area contributed by atoms with E-state index >= 15 is 0 Å². The summed E-state index contributed by atoms with van der Waals surface area (Å²) in [5, 5.41) is 21.0. The summed E-state index contributed by atoms with van der Waals surface area (Å²) in [6.45, 7) is 4.00. The molecule has 1 fully saturated rings. The normalized spacial score (nSPS) is 14.9. The van der Waals surface area contributed by atoms with Crippen LogP contribution < -0.4 is 5.32 Å². The molecule has 1 amide bonds. The maximum absolute atomic E-state index is 12.4. The second-order valence-electron chi connectivity index (χ2n) is 6.79. The zero-order valence-electron chi connectivity index (χ0n) is 15.9. The van der Waals surface area contributed by atoms with Crippen molar-refractivity contribution in [1.82, 2.24) is 9.80 Å². The summed E-state index contributed by atoms with van der Waals surface area (Å²) < 4.78 is 0. The standard InChI is InChI=1S/C22H22N4O3/c23-14-19(21(27)24-20-8-4-7-18(13-20)22(28)29)16-26-11-9-25(10-12-26)15-17-5-2-1-3-6-17/h1-8,13,16H,9-12,15H2,(H,24,27)(H,28,29)/b19-16-. The molecule has 148 valence electrons. The third-order valence-corrected chi connectivity index (χ3v) is 4.70. The minimum Gasteiger partial charge on any atom is -0.478 e. The molecule has 2 N–H and O–H groups in total. The highest BCUT2D eigenvalue weighted by Crippen LogP contribution is 2.13. The SMILES string of the molecule is N#C/C(=C/N1CCN(Cc2ccccc2)CC1)C(=O)Nc1cccc(C(=O)O)c1. The number of carboxylic acids is 1. The molecule has 7 nitrogen and oxygen atoms in total. The molecule has 1 saturated heterocycles. The van der Waals surface area contributed by atoms with Crippen molar-refractivity contribution in [1.29, 1.82) is 5.26 Å². The number of hydrogen-bond acceptors (Lipinski definition) is 5. The number of carboxylic acid groups (broad SMARTS) is 1. The van der Waals surface area contributed by atoms with Crippen LogP contribution in [0.15, 0.2) is 66.4 Å². The number of carbonyl (C=O) groups excluding carboxylic acids is 1. The number of piperazine rings is 1. The molecule has 0 atom stereocenters. The molecule has 2 aromatic rings. The van der Waals surface area contributed by atoms with Gasteiger partial charge in [0, 0.05) is 44.6 Å². The van der Waals surface area contributed by atoms with Crippen molar-refractivity contribution in [2.45, 2.75) is 6.54 Å². The molecule has 0 saturated carbocycles. The summed E-state index contributed by atoms with van der Waals surface area (Å²) in [6.07, 6.45) is 1.58. The molecule has 0 aromatic heterocycles. The van der Waals surface area contributed by atoms with E-state index in [2.05, 4.69) is 22.3 Å². The summed E-state index contributed by atoms with van der Waals surface area (Å²) in [7, 11) is 0. The van der Waals surface area contributed by atoms with Crippen molar-refractivity contribution < 1.29 is 14.7 Å². The van der Waals surface area contributed by atoms with Gasteiger partial charge in [-0.1, -0.05) is 36.4 Å². The van der Waals surface area contributed by atoms with Gasteiger partial charge < -0.3 is 15.3 Å². The minimum absolute atomic E-state index is 0.0118. The Labute approximate surface area is 169 Å². The third kappa shape index (κ3) is 5.67. The van der Waals surface area contributed by atoms with Gasteiger partial charge in [-0.25, -0.2) is 4.79 Å². The number of carbonyl (C=O) groups is 2.